The van der Waals surface area contributed by atoms with Crippen LogP contribution < -0.4 is 4.90 Å². The zero-order valence-corrected chi connectivity index (χ0v) is 11.8. The molecular weight excluding hydrogens is 281 g/mol. The zero-order valence-electron chi connectivity index (χ0n) is 10.3. The fraction of sp³-hybridized carbons (Fsp3) is 0.571. The number of anilines is 1. The van der Waals surface area contributed by atoms with Gasteiger partial charge in [-0.3, -0.25) is 0 Å². The molecule has 0 unspecified atom stereocenters. The monoisotopic (exact) mass is 299 g/mol. The number of rotatable bonds is 4. The van der Waals surface area contributed by atoms with Gasteiger partial charge in [0.2, 0.25) is 0 Å². The van der Waals surface area contributed by atoms with E-state index in [9.17, 15) is 4.39 Å². The Morgan fingerprint density at radius 2 is 2.06 bits per heavy atom. The Bertz CT molecular complexity index is 374. The van der Waals surface area contributed by atoms with E-state index >= 15 is 0 Å². The molecule has 1 aliphatic carbocycles. The van der Waals surface area contributed by atoms with Gasteiger partial charge >= 0.3 is 0 Å². The lowest BCUT2D eigenvalue weighted by molar-refractivity contribution is 0.577. The van der Waals surface area contributed by atoms with Gasteiger partial charge in [-0.25, -0.2) is 4.39 Å². The van der Waals surface area contributed by atoms with Crippen molar-refractivity contribution < 1.29 is 4.39 Å². The standard InChI is InChI=1S/C14H19BrFN/c1-2-17(12-5-3-4-6-12)14-8-7-11(10-15)9-13(14)16/h7-9,12H,2-6,10H2,1H3. The van der Waals surface area contributed by atoms with E-state index in [4.69, 9.17) is 0 Å². The van der Waals surface area contributed by atoms with Crippen molar-refractivity contribution >= 4 is 21.6 Å². The van der Waals surface area contributed by atoms with Crippen molar-refractivity contribution in [3.8, 4) is 0 Å². The number of nitrogens with zero attached hydrogens (tertiary/aromatic N) is 1. The summed E-state index contributed by atoms with van der Waals surface area (Å²) in [6, 6.07) is 6.10. The van der Waals surface area contributed by atoms with Gasteiger partial charge in [0.25, 0.3) is 0 Å². The molecule has 0 aliphatic heterocycles. The summed E-state index contributed by atoms with van der Waals surface area (Å²) >= 11 is 3.36. The highest BCUT2D eigenvalue weighted by Crippen LogP contribution is 2.30. The van der Waals surface area contributed by atoms with E-state index < -0.39 is 0 Å². The van der Waals surface area contributed by atoms with E-state index in [2.05, 4.69) is 27.8 Å². The molecule has 0 aromatic heterocycles. The van der Waals surface area contributed by atoms with Crippen molar-refractivity contribution in [2.45, 2.75) is 44.0 Å². The van der Waals surface area contributed by atoms with E-state index in [1.807, 2.05) is 12.1 Å². The summed E-state index contributed by atoms with van der Waals surface area (Å²) < 4.78 is 14.1. The molecular formula is C14H19BrFN. The molecule has 1 fully saturated rings. The molecule has 1 nitrogen and oxygen atoms in total. The Balaban J connectivity index is 2.23. The largest absolute Gasteiger partial charge is 0.366 e. The Hall–Kier alpha value is -0.570. The molecule has 3 heteroatoms. The van der Waals surface area contributed by atoms with Gasteiger partial charge in [0, 0.05) is 17.9 Å². The van der Waals surface area contributed by atoms with Gasteiger partial charge in [0.05, 0.1) is 5.69 Å². The van der Waals surface area contributed by atoms with Gasteiger partial charge < -0.3 is 4.90 Å². The van der Waals surface area contributed by atoms with Crippen LogP contribution in [0.2, 0.25) is 0 Å². The number of hydrogen-bond donors (Lipinski definition) is 0. The third-order valence-electron chi connectivity index (χ3n) is 3.58. The minimum atomic E-state index is -0.0873. The molecule has 0 atom stereocenters. The molecule has 1 aromatic carbocycles. The SMILES string of the molecule is CCN(c1ccc(CBr)cc1F)C1CCCC1. The van der Waals surface area contributed by atoms with Crippen molar-refractivity contribution in [2.75, 3.05) is 11.4 Å². The molecule has 1 aromatic rings. The Morgan fingerprint density at radius 3 is 2.59 bits per heavy atom. The average molecular weight is 300 g/mol. The summed E-state index contributed by atoms with van der Waals surface area (Å²) in [6.45, 7) is 2.99. The maximum atomic E-state index is 14.1. The van der Waals surface area contributed by atoms with Crippen LogP contribution in [0.15, 0.2) is 18.2 Å². The summed E-state index contributed by atoms with van der Waals surface area (Å²) in [5.41, 5.74) is 1.76. The molecule has 1 saturated carbocycles. The van der Waals surface area contributed by atoms with E-state index in [1.54, 1.807) is 6.07 Å². The number of alkyl halides is 1. The lowest BCUT2D eigenvalue weighted by Gasteiger charge is -2.30. The molecule has 0 saturated heterocycles. The molecule has 0 heterocycles. The van der Waals surface area contributed by atoms with Crippen LogP contribution in [-0.4, -0.2) is 12.6 Å². The molecule has 94 valence electrons. The Kier molecular flexibility index (Phi) is 4.43. The van der Waals surface area contributed by atoms with Crippen LogP contribution in [0, 0.1) is 5.82 Å². The Labute approximate surface area is 111 Å². The first-order valence-electron chi connectivity index (χ1n) is 6.37. The summed E-state index contributed by atoms with van der Waals surface area (Å²) in [4.78, 5) is 2.22. The van der Waals surface area contributed by atoms with Crippen molar-refractivity contribution in [2.24, 2.45) is 0 Å². The van der Waals surface area contributed by atoms with Crippen LogP contribution in [-0.2, 0) is 5.33 Å². The summed E-state index contributed by atoms with van der Waals surface area (Å²) in [7, 11) is 0. The second-order valence-corrected chi connectivity index (χ2v) is 5.20. The minimum absolute atomic E-state index is 0.0873. The van der Waals surface area contributed by atoms with Gasteiger partial charge in [0.15, 0.2) is 0 Å². The first-order valence-corrected chi connectivity index (χ1v) is 7.49. The fourth-order valence-electron chi connectivity index (χ4n) is 2.71. The lowest BCUT2D eigenvalue weighted by atomic mass is 10.1. The van der Waals surface area contributed by atoms with Gasteiger partial charge in [-0.2, -0.15) is 0 Å². The number of benzene rings is 1. The highest BCUT2D eigenvalue weighted by atomic mass is 79.9. The number of halogens is 2. The molecule has 0 N–H and O–H groups in total. The summed E-state index contributed by atoms with van der Waals surface area (Å²) in [5, 5.41) is 0.708. The van der Waals surface area contributed by atoms with E-state index in [-0.39, 0.29) is 5.82 Å². The highest BCUT2D eigenvalue weighted by Gasteiger charge is 2.23. The van der Waals surface area contributed by atoms with E-state index in [1.165, 1.54) is 25.7 Å². The molecule has 0 spiro atoms. The molecule has 0 bridgehead atoms. The van der Waals surface area contributed by atoms with Gasteiger partial charge in [-0.15, -0.1) is 0 Å². The molecule has 0 amide bonds. The van der Waals surface area contributed by atoms with Gasteiger partial charge in [-0.05, 0) is 37.5 Å². The van der Waals surface area contributed by atoms with Crippen LogP contribution in [0.5, 0.6) is 0 Å². The maximum Gasteiger partial charge on any atom is 0.146 e. The van der Waals surface area contributed by atoms with Gasteiger partial charge in [0.1, 0.15) is 5.82 Å². The van der Waals surface area contributed by atoms with Gasteiger partial charge in [-0.1, -0.05) is 34.8 Å². The lowest BCUT2D eigenvalue weighted by Crippen LogP contribution is -2.33. The molecule has 17 heavy (non-hydrogen) atoms. The summed E-state index contributed by atoms with van der Waals surface area (Å²) in [5.74, 6) is -0.0873. The zero-order chi connectivity index (χ0) is 12.3. The first-order chi connectivity index (χ1) is 8.26. The van der Waals surface area contributed by atoms with Crippen LogP contribution in [0.4, 0.5) is 10.1 Å². The van der Waals surface area contributed by atoms with Crippen LogP contribution >= 0.6 is 15.9 Å². The molecule has 1 aliphatic rings. The maximum absolute atomic E-state index is 14.1. The van der Waals surface area contributed by atoms with Crippen molar-refractivity contribution in [1.29, 1.82) is 0 Å². The summed E-state index contributed by atoms with van der Waals surface area (Å²) in [6.07, 6.45) is 4.96. The van der Waals surface area contributed by atoms with Crippen molar-refractivity contribution in [3.05, 3.63) is 29.6 Å². The normalized spacial score (nSPS) is 16.4. The smallest absolute Gasteiger partial charge is 0.146 e. The first kappa shape index (κ1) is 12.9. The average Bonchev–Trinajstić information content (AvgIpc) is 2.85. The van der Waals surface area contributed by atoms with E-state index in [0.717, 1.165) is 17.8 Å². The predicted molar refractivity (Wildman–Crippen MR) is 74.3 cm³/mol. The topological polar surface area (TPSA) is 3.24 Å². The highest BCUT2D eigenvalue weighted by molar-refractivity contribution is 9.08. The third kappa shape index (κ3) is 2.82. The predicted octanol–water partition coefficient (Wildman–Crippen LogP) is 4.49. The number of hydrogen-bond acceptors (Lipinski definition) is 1. The molecule has 0 radical (unpaired) electrons. The van der Waals surface area contributed by atoms with Crippen LogP contribution in [0.1, 0.15) is 38.2 Å². The molecule has 2 rings (SSSR count). The second-order valence-electron chi connectivity index (χ2n) is 4.64. The van der Waals surface area contributed by atoms with Crippen LogP contribution in [0.25, 0.3) is 0 Å². The van der Waals surface area contributed by atoms with Crippen LogP contribution in [0.3, 0.4) is 0 Å². The van der Waals surface area contributed by atoms with Crippen molar-refractivity contribution in [1.82, 2.24) is 0 Å². The second kappa shape index (κ2) is 5.85. The quantitative estimate of drug-likeness (QED) is 0.741. The fourth-order valence-corrected chi connectivity index (χ4v) is 3.06. The third-order valence-corrected chi connectivity index (χ3v) is 4.23. The van der Waals surface area contributed by atoms with Crippen molar-refractivity contribution in [3.63, 3.8) is 0 Å². The minimum Gasteiger partial charge on any atom is -0.366 e. The van der Waals surface area contributed by atoms with E-state index in [0.29, 0.717) is 11.4 Å². The Morgan fingerprint density at radius 1 is 1.35 bits per heavy atom.